The number of para-hydroxylation sites is 1. The fourth-order valence-electron chi connectivity index (χ4n) is 2.38. The van der Waals surface area contributed by atoms with E-state index in [0.29, 0.717) is 9.23 Å². The minimum Gasteiger partial charge on any atom is -0.347 e. The molecule has 1 aliphatic heterocycles. The lowest BCUT2D eigenvalue weighted by atomic mass is 10.1. The lowest BCUT2D eigenvalue weighted by Crippen LogP contribution is -2.17. The molecule has 1 aliphatic rings. The second kappa shape index (κ2) is 5.42. The van der Waals surface area contributed by atoms with Crippen LogP contribution in [0.1, 0.15) is 18.9 Å². The molecule has 2 aromatic rings. The Kier molecular flexibility index (Phi) is 3.63. The number of benzene rings is 1. The number of nitrogens with one attached hydrogen (secondary N) is 1. The highest BCUT2D eigenvalue weighted by Crippen LogP contribution is 2.29. The Bertz CT molecular complexity index is 731. The second-order valence-electron chi connectivity index (χ2n) is 4.65. The summed E-state index contributed by atoms with van der Waals surface area (Å²) < 4.78 is 2.76. The first-order chi connectivity index (χ1) is 9.69. The fourth-order valence-corrected chi connectivity index (χ4v) is 3.41. The zero-order chi connectivity index (χ0) is 14.1. The van der Waals surface area contributed by atoms with E-state index in [9.17, 15) is 4.79 Å². The fraction of sp³-hybridized carbons (Fsp3) is 0.200. The Balaban J connectivity index is 2.10. The molecule has 5 heteroatoms. The van der Waals surface area contributed by atoms with Gasteiger partial charge in [0.15, 0.2) is 0 Å². The number of nitrogens with zero attached hydrogens (tertiary/aromatic N) is 1. The maximum Gasteiger partial charge on any atom is 0.263 e. The molecule has 0 bridgehead atoms. The number of rotatable bonds is 3. The molecule has 0 spiro atoms. The summed E-state index contributed by atoms with van der Waals surface area (Å²) in [6, 6.07) is 8.26. The molecule has 1 fully saturated rings. The number of aromatic nitrogens is 1. The van der Waals surface area contributed by atoms with E-state index >= 15 is 0 Å². The molecule has 1 amide bonds. The van der Waals surface area contributed by atoms with Gasteiger partial charge in [0, 0.05) is 29.2 Å². The first kappa shape index (κ1) is 13.4. The van der Waals surface area contributed by atoms with Crippen LogP contribution in [0.4, 0.5) is 0 Å². The lowest BCUT2D eigenvalue weighted by Gasteiger charge is -2.01. The molecule has 0 atom stereocenters. The van der Waals surface area contributed by atoms with Crippen LogP contribution in [0.15, 0.2) is 35.4 Å². The largest absolute Gasteiger partial charge is 0.347 e. The summed E-state index contributed by atoms with van der Waals surface area (Å²) >= 11 is 6.34. The summed E-state index contributed by atoms with van der Waals surface area (Å²) in [6.07, 6.45) is 5.11. The van der Waals surface area contributed by atoms with Gasteiger partial charge in [-0.15, -0.1) is 0 Å². The molecule has 1 N–H and O–H groups in total. The van der Waals surface area contributed by atoms with Gasteiger partial charge in [-0.2, -0.15) is 0 Å². The van der Waals surface area contributed by atoms with Gasteiger partial charge in [-0.25, -0.2) is 0 Å². The average molecular weight is 302 g/mol. The highest BCUT2D eigenvalue weighted by atomic mass is 32.2. The third-order valence-corrected chi connectivity index (χ3v) is 4.38. The predicted molar refractivity (Wildman–Crippen MR) is 88.5 cm³/mol. The zero-order valence-electron chi connectivity index (χ0n) is 11.1. The molecule has 3 rings (SSSR count). The molecule has 3 nitrogen and oxygen atoms in total. The van der Waals surface area contributed by atoms with Gasteiger partial charge in [0.1, 0.15) is 4.32 Å². The van der Waals surface area contributed by atoms with Gasteiger partial charge in [-0.3, -0.25) is 4.79 Å². The molecule has 1 aromatic carbocycles. The van der Waals surface area contributed by atoms with Crippen molar-refractivity contribution in [2.45, 2.75) is 19.9 Å². The summed E-state index contributed by atoms with van der Waals surface area (Å²) in [5, 5.41) is 3.81. The number of carbonyl (C=O) groups is 1. The van der Waals surface area contributed by atoms with Crippen LogP contribution in [-0.2, 0) is 11.3 Å². The minimum atomic E-state index is -0.104. The van der Waals surface area contributed by atoms with Crippen LogP contribution in [0.25, 0.3) is 17.0 Å². The highest BCUT2D eigenvalue weighted by Gasteiger charge is 2.22. The van der Waals surface area contributed by atoms with E-state index in [4.69, 9.17) is 12.2 Å². The van der Waals surface area contributed by atoms with E-state index in [-0.39, 0.29) is 5.91 Å². The molecule has 102 valence electrons. The van der Waals surface area contributed by atoms with Gasteiger partial charge in [0.2, 0.25) is 0 Å². The molecule has 0 saturated carbocycles. The molecular formula is C15H14N2OS2. The van der Waals surface area contributed by atoms with Gasteiger partial charge in [0.05, 0.1) is 4.91 Å². The van der Waals surface area contributed by atoms with Crippen LogP contribution in [0.5, 0.6) is 0 Å². The van der Waals surface area contributed by atoms with Crippen LogP contribution in [-0.4, -0.2) is 14.8 Å². The average Bonchev–Trinajstić information content (AvgIpc) is 2.93. The molecule has 2 heterocycles. The van der Waals surface area contributed by atoms with Crippen molar-refractivity contribution in [1.82, 2.24) is 9.88 Å². The van der Waals surface area contributed by atoms with E-state index in [2.05, 4.69) is 35.1 Å². The van der Waals surface area contributed by atoms with Crippen LogP contribution in [0.3, 0.4) is 0 Å². The van der Waals surface area contributed by atoms with Crippen molar-refractivity contribution in [1.29, 1.82) is 0 Å². The monoisotopic (exact) mass is 302 g/mol. The standard InChI is InChI=1S/C15H14N2OS2/c1-2-7-17-9-10(11-5-3-4-6-12(11)17)8-13-14(18)16-15(19)20-13/h3-6,8-9H,2,7H2,1H3,(H,16,18,19)/b13-8+. The van der Waals surface area contributed by atoms with E-state index in [1.165, 1.54) is 22.7 Å². The van der Waals surface area contributed by atoms with E-state index < -0.39 is 0 Å². The van der Waals surface area contributed by atoms with E-state index in [0.717, 1.165) is 18.5 Å². The number of hydrogen-bond acceptors (Lipinski definition) is 3. The molecule has 0 aliphatic carbocycles. The van der Waals surface area contributed by atoms with Crippen molar-refractivity contribution < 1.29 is 4.79 Å². The molecule has 1 saturated heterocycles. The SMILES string of the molecule is CCCn1cc(/C=C2/SC(=S)NC2=O)c2ccccc21. The van der Waals surface area contributed by atoms with E-state index in [1.54, 1.807) is 0 Å². The van der Waals surface area contributed by atoms with Crippen LogP contribution in [0, 0.1) is 0 Å². The van der Waals surface area contributed by atoms with Crippen molar-refractivity contribution in [3.63, 3.8) is 0 Å². The summed E-state index contributed by atoms with van der Waals surface area (Å²) in [4.78, 5) is 12.4. The first-order valence-corrected chi connectivity index (χ1v) is 7.74. The zero-order valence-corrected chi connectivity index (χ0v) is 12.7. The van der Waals surface area contributed by atoms with Crippen LogP contribution < -0.4 is 5.32 Å². The van der Waals surface area contributed by atoms with Gasteiger partial charge in [-0.05, 0) is 18.6 Å². The number of hydrogen-bond donors (Lipinski definition) is 1. The van der Waals surface area contributed by atoms with Crippen molar-refractivity contribution in [3.8, 4) is 0 Å². The maximum atomic E-state index is 11.8. The molecule has 1 aromatic heterocycles. The second-order valence-corrected chi connectivity index (χ2v) is 6.37. The van der Waals surface area contributed by atoms with Gasteiger partial charge >= 0.3 is 0 Å². The van der Waals surface area contributed by atoms with Crippen molar-refractivity contribution in [2.75, 3.05) is 0 Å². The number of thiocarbonyl (C=S) groups is 1. The predicted octanol–water partition coefficient (Wildman–Crippen LogP) is 3.54. The third kappa shape index (κ3) is 2.39. The number of carbonyl (C=O) groups excluding carboxylic acids is 1. The number of fused-ring (bicyclic) bond motifs is 1. The summed E-state index contributed by atoms with van der Waals surface area (Å²) in [6.45, 7) is 3.13. The third-order valence-electron chi connectivity index (χ3n) is 3.21. The Morgan fingerprint density at radius 2 is 2.20 bits per heavy atom. The smallest absolute Gasteiger partial charge is 0.263 e. The van der Waals surface area contributed by atoms with Gasteiger partial charge in [0.25, 0.3) is 5.91 Å². The van der Waals surface area contributed by atoms with Crippen LogP contribution >= 0.6 is 24.0 Å². The number of thioether (sulfide) groups is 1. The quantitative estimate of drug-likeness (QED) is 0.695. The first-order valence-electron chi connectivity index (χ1n) is 6.52. The van der Waals surface area contributed by atoms with Crippen molar-refractivity contribution in [3.05, 3.63) is 40.9 Å². The molecule has 0 unspecified atom stereocenters. The Hall–Kier alpha value is -1.59. The Morgan fingerprint density at radius 1 is 1.40 bits per heavy atom. The van der Waals surface area contributed by atoms with Gasteiger partial charge in [-0.1, -0.05) is 49.1 Å². The number of aryl methyl sites for hydroxylation is 1. The Morgan fingerprint density at radius 3 is 2.90 bits per heavy atom. The van der Waals surface area contributed by atoms with Crippen molar-refractivity contribution >= 4 is 51.2 Å². The summed E-state index contributed by atoms with van der Waals surface area (Å²) in [5.41, 5.74) is 2.27. The highest BCUT2D eigenvalue weighted by molar-refractivity contribution is 8.26. The molecule has 20 heavy (non-hydrogen) atoms. The minimum absolute atomic E-state index is 0.104. The maximum absolute atomic E-state index is 11.8. The summed E-state index contributed by atoms with van der Waals surface area (Å²) in [7, 11) is 0. The normalized spacial score (nSPS) is 17.1. The van der Waals surface area contributed by atoms with Crippen molar-refractivity contribution in [2.24, 2.45) is 0 Å². The molecular weight excluding hydrogens is 288 g/mol. The van der Waals surface area contributed by atoms with Gasteiger partial charge < -0.3 is 9.88 Å². The Labute approximate surface area is 127 Å². The van der Waals surface area contributed by atoms with E-state index in [1.807, 2.05) is 18.2 Å². The summed E-state index contributed by atoms with van der Waals surface area (Å²) in [5.74, 6) is -0.104. The lowest BCUT2D eigenvalue weighted by molar-refractivity contribution is -0.115. The topological polar surface area (TPSA) is 34.0 Å². The van der Waals surface area contributed by atoms with Crippen LogP contribution in [0.2, 0.25) is 0 Å². The molecule has 0 radical (unpaired) electrons. The number of amides is 1.